The van der Waals surface area contributed by atoms with Crippen LogP contribution in [0.4, 0.5) is 11.6 Å². The summed E-state index contributed by atoms with van der Waals surface area (Å²) < 4.78 is 1.64. The number of aromatic hydroxyl groups is 1. The molecular formula is C22H23N9O2. The van der Waals surface area contributed by atoms with E-state index in [0.29, 0.717) is 34.3 Å². The molecule has 1 atom stereocenters. The number of hydrogen-bond donors (Lipinski definition) is 3. The van der Waals surface area contributed by atoms with Crippen molar-refractivity contribution < 1.29 is 9.90 Å². The van der Waals surface area contributed by atoms with Crippen molar-refractivity contribution in [2.24, 2.45) is 5.92 Å². The fourth-order valence-corrected chi connectivity index (χ4v) is 4.05. The molecule has 11 heteroatoms. The predicted octanol–water partition coefficient (Wildman–Crippen LogP) is 2.11. The maximum Gasteiger partial charge on any atom is 0.242 e. The van der Waals surface area contributed by atoms with Gasteiger partial charge in [-0.2, -0.15) is 5.10 Å². The minimum atomic E-state index is -1.25. The second-order valence-corrected chi connectivity index (χ2v) is 8.67. The highest BCUT2D eigenvalue weighted by atomic mass is 16.3. The summed E-state index contributed by atoms with van der Waals surface area (Å²) in [7, 11) is 0. The van der Waals surface area contributed by atoms with E-state index in [0.717, 1.165) is 18.5 Å². The zero-order valence-corrected chi connectivity index (χ0v) is 18.4. The number of hydrogen-bond acceptors (Lipinski definition) is 9. The molecule has 0 bridgehead atoms. The van der Waals surface area contributed by atoms with Gasteiger partial charge in [0.15, 0.2) is 11.5 Å². The SMILES string of the molecule is CC(C)CCc1nc(-c2nc(N)c3c(n2)NC(=O)C3(C)c2cc(O)ccn2)cn2ncnc12. The number of nitrogen functional groups attached to an aromatic ring is 1. The number of anilines is 2. The Labute approximate surface area is 189 Å². The van der Waals surface area contributed by atoms with Crippen LogP contribution in [0.5, 0.6) is 5.75 Å². The van der Waals surface area contributed by atoms with Gasteiger partial charge in [-0.05, 0) is 31.7 Å². The van der Waals surface area contributed by atoms with Crippen molar-refractivity contribution in [1.82, 2.24) is 34.5 Å². The largest absolute Gasteiger partial charge is 0.508 e. The Hall–Kier alpha value is -4.15. The second-order valence-electron chi connectivity index (χ2n) is 8.67. The van der Waals surface area contributed by atoms with Crippen LogP contribution < -0.4 is 11.1 Å². The molecule has 4 N–H and O–H groups in total. The molecular weight excluding hydrogens is 422 g/mol. The molecule has 0 aliphatic carbocycles. The van der Waals surface area contributed by atoms with E-state index in [2.05, 4.69) is 44.2 Å². The quantitative estimate of drug-likeness (QED) is 0.418. The molecule has 1 aliphatic heterocycles. The lowest BCUT2D eigenvalue weighted by Crippen LogP contribution is -2.33. The fraction of sp³-hybridized carbons (Fsp3) is 0.318. The Morgan fingerprint density at radius 1 is 1.24 bits per heavy atom. The molecule has 0 aromatic carbocycles. The number of rotatable bonds is 5. The summed E-state index contributed by atoms with van der Waals surface area (Å²) in [4.78, 5) is 35.4. The zero-order valence-electron chi connectivity index (χ0n) is 18.4. The van der Waals surface area contributed by atoms with E-state index in [1.54, 1.807) is 17.6 Å². The van der Waals surface area contributed by atoms with Gasteiger partial charge < -0.3 is 16.2 Å². The first kappa shape index (κ1) is 20.7. The van der Waals surface area contributed by atoms with Gasteiger partial charge in [-0.25, -0.2) is 24.5 Å². The summed E-state index contributed by atoms with van der Waals surface area (Å²) >= 11 is 0. The Bertz CT molecular complexity index is 1400. The number of aromatic nitrogens is 7. The van der Waals surface area contributed by atoms with Crippen molar-refractivity contribution in [3.63, 3.8) is 0 Å². The van der Waals surface area contributed by atoms with Crippen molar-refractivity contribution in [3.05, 3.63) is 47.8 Å². The minimum Gasteiger partial charge on any atom is -0.508 e. The highest BCUT2D eigenvalue weighted by Crippen LogP contribution is 2.44. The van der Waals surface area contributed by atoms with Gasteiger partial charge >= 0.3 is 0 Å². The number of fused-ring (bicyclic) bond motifs is 2. The Morgan fingerprint density at radius 2 is 2.06 bits per heavy atom. The first-order valence-electron chi connectivity index (χ1n) is 10.6. The minimum absolute atomic E-state index is 0.00199. The van der Waals surface area contributed by atoms with E-state index in [1.165, 1.54) is 24.7 Å². The highest BCUT2D eigenvalue weighted by molar-refractivity contribution is 6.08. The van der Waals surface area contributed by atoms with Crippen LogP contribution in [0.2, 0.25) is 0 Å². The summed E-state index contributed by atoms with van der Waals surface area (Å²) in [5.74, 6) is 0.834. The van der Waals surface area contributed by atoms with E-state index >= 15 is 0 Å². The molecule has 4 aromatic heterocycles. The van der Waals surface area contributed by atoms with Gasteiger partial charge in [-0.15, -0.1) is 0 Å². The van der Waals surface area contributed by atoms with Gasteiger partial charge in [0.2, 0.25) is 5.91 Å². The number of carbonyl (C=O) groups excluding carboxylic acids is 1. The first-order chi connectivity index (χ1) is 15.8. The molecule has 0 saturated heterocycles. The number of aryl methyl sites for hydroxylation is 1. The van der Waals surface area contributed by atoms with Crippen LogP contribution in [0, 0.1) is 5.92 Å². The van der Waals surface area contributed by atoms with E-state index in [4.69, 9.17) is 10.7 Å². The van der Waals surface area contributed by atoms with Crippen LogP contribution in [0.15, 0.2) is 30.9 Å². The van der Waals surface area contributed by atoms with Crippen LogP contribution in [-0.2, 0) is 16.6 Å². The average molecular weight is 445 g/mol. The molecule has 4 aromatic rings. The molecule has 1 amide bonds. The summed E-state index contributed by atoms with van der Waals surface area (Å²) in [6.07, 6.45) is 6.27. The molecule has 33 heavy (non-hydrogen) atoms. The molecule has 0 radical (unpaired) electrons. The average Bonchev–Trinajstić information content (AvgIpc) is 3.35. The third-order valence-corrected chi connectivity index (χ3v) is 5.90. The molecule has 0 spiro atoms. The second kappa shape index (κ2) is 7.47. The Kier molecular flexibility index (Phi) is 4.69. The molecule has 168 valence electrons. The van der Waals surface area contributed by atoms with Crippen LogP contribution >= 0.6 is 0 Å². The first-order valence-corrected chi connectivity index (χ1v) is 10.6. The Morgan fingerprint density at radius 3 is 2.82 bits per heavy atom. The van der Waals surface area contributed by atoms with Crippen molar-refractivity contribution in [1.29, 1.82) is 0 Å². The van der Waals surface area contributed by atoms with E-state index in [1.807, 2.05) is 0 Å². The van der Waals surface area contributed by atoms with Gasteiger partial charge in [-0.3, -0.25) is 9.78 Å². The van der Waals surface area contributed by atoms with Crippen molar-refractivity contribution in [2.45, 2.75) is 39.0 Å². The number of nitrogens with two attached hydrogens (primary N) is 1. The molecule has 5 rings (SSSR count). The monoisotopic (exact) mass is 445 g/mol. The molecule has 1 aliphatic rings. The lowest BCUT2D eigenvalue weighted by Gasteiger charge is -2.22. The van der Waals surface area contributed by atoms with Crippen LogP contribution in [-0.4, -0.2) is 45.5 Å². The lowest BCUT2D eigenvalue weighted by atomic mass is 9.81. The summed E-state index contributed by atoms with van der Waals surface area (Å²) in [6, 6.07) is 2.87. The lowest BCUT2D eigenvalue weighted by molar-refractivity contribution is -0.119. The normalized spacial score (nSPS) is 17.5. The van der Waals surface area contributed by atoms with Crippen molar-refractivity contribution in [3.8, 4) is 17.3 Å². The maximum absolute atomic E-state index is 13.0. The number of pyridine rings is 1. The molecule has 5 heterocycles. The molecule has 1 unspecified atom stereocenters. The molecule has 0 fully saturated rings. The standard InChI is InChI=1S/C22H23N9O2/c1-11(2)4-5-13-20-25-10-26-31(20)9-14(27-13)18-28-17(23)16-19(29-18)30-21(33)22(16,3)15-8-12(32)6-7-24-15/h6-11H,4-5H2,1-3H3,(H,24,32)(H3,23,28,29,30,33). The number of amides is 1. The van der Waals surface area contributed by atoms with Gasteiger partial charge in [0.25, 0.3) is 0 Å². The smallest absolute Gasteiger partial charge is 0.242 e. The summed E-state index contributed by atoms with van der Waals surface area (Å²) in [5.41, 5.74) is 7.82. The van der Waals surface area contributed by atoms with Gasteiger partial charge in [0, 0.05) is 12.3 Å². The summed E-state index contributed by atoms with van der Waals surface area (Å²) in [5, 5.41) is 16.9. The van der Waals surface area contributed by atoms with Crippen molar-refractivity contribution >= 4 is 23.2 Å². The topological polar surface area (TPSA) is 157 Å². The van der Waals surface area contributed by atoms with Gasteiger partial charge in [-0.1, -0.05) is 13.8 Å². The fourth-order valence-electron chi connectivity index (χ4n) is 4.05. The third kappa shape index (κ3) is 3.32. The van der Waals surface area contributed by atoms with Gasteiger partial charge in [0.05, 0.1) is 23.1 Å². The third-order valence-electron chi connectivity index (χ3n) is 5.90. The highest BCUT2D eigenvalue weighted by Gasteiger charge is 2.48. The van der Waals surface area contributed by atoms with E-state index in [-0.39, 0.29) is 23.3 Å². The number of nitrogens with zero attached hydrogens (tertiary/aromatic N) is 7. The van der Waals surface area contributed by atoms with E-state index < -0.39 is 5.41 Å². The maximum atomic E-state index is 13.0. The van der Waals surface area contributed by atoms with Crippen LogP contribution in [0.3, 0.4) is 0 Å². The van der Waals surface area contributed by atoms with Crippen LogP contribution in [0.1, 0.15) is 44.1 Å². The van der Waals surface area contributed by atoms with Gasteiger partial charge in [0.1, 0.15) is 34.8 Å². The molecule has 11 nitrogen and oxygen atoms in total. The van der Waals surface area contributed by atoms with Crippen molar-refractivity contribution in [2.75, 3.05) is 11.1 Å². The summed E-state index contributed by atoms with van der Waals surface area (Å²) in [6.45, 7) is 5.98. The van der Waals surface area contributed by atoms with Crippen LogP contribution in [0.25, 0.3) is 17.2 Å². The van der Waals surface area contributed by atoms with E-state index in [9.17, 15) is 9.90 Å². The zero-order chi connectivity index (χ0) is 23.3. The molecule has 0 saturated carbocycles. The number of nitrogens with one attached hydrogen (secondary N) is 1. The Balaban J connectivity index is 1.62. The number of carbonyl (C=O) groups is 1. The predicted molar refractivity (Wildman–Crippen MR) is 120 cm³/mol.